The van der Waals surface area contributed by atoms with Gasteiger partial charge in [-0.3, -0.25) is 0 Å². The van der Waals surface area contributed by atoms with Gasteiger partial charge in [0.05, 0.1) is 5.41 Å². The van der Waals surface area contributed by atoms with Crippen LogP contribution in [0, 0.1) is 0 Å². The van der Waals surface area contributed by atoms with Crippen molar-refractivity contribution in [3.05, 3.63) is 180 Å². The van der Waals surface area contributed by atoms with E-state index in [9.17, 15) is 0 Å². The zero-order chi connectivity index (χ0) is 30.0. The highest BCUT2D eigenvalue weighted by Gasteiger charge is 2.51. The van der Waals surface area contributed by atoms with Crippen molar-refractivity contribution < 1.29 is 4.42 Å². The van der Waals surface area contributed by atoms with E-state index in [2.05, 4.69) is 158 Å². The van der Waals surface area contributed by atoms with Crippen molar-refractivity contribution in [2.24, 2.45) is 0 Å². The summed E-state index contributed by atoms with van der Waals surface area (Å²) in [5, 5.41) is 7.17. The van der Waals surface area contributed by atoms with Gasteiger partial charge in [0.1, 0.15) is 11.2 Å². The van der Waals surface area contributed by atoms with Crippen molar-refractivity contribution in [3.8, 4) is 33.4 Å². The van der Waals surface area contributed by atoms with Crippen LogP contribution in [0.4, 0.5) is 0 Å². The Hall–Kier alpha value is -5.92. The smallest absolute Gasteiger partial charge is 0.135 e. The van der Waals surface area contributed by atoms with Gasteiger partial charge in [0, 0.05) is 10.8 Å². The predicted molar refractivity (Wildman–Crippen MR) is 190 cm³/mol. The van der Waals surface area contributed by atoms with Crippen molar-refractivity contribution in [2.45, 2.75) is 5.41 Å². The number of fused-ring (bicyclic) bond motifs is 11. The minimum Gasteiger partial charge on any atom is -0.456 e. The van der Waals surface area contributed by atoms with Crippen molar-refractivity contribution in [3.63, 3.8) is 0 Å². The van der Waals surface area contributed by atoms with Crippen molar-refractivity contribution in [2.75, 3.05) is 0 Å². The summed E-state index contributed by atoms with van der Waals surface area (Å²) in [6.07, 6.45) is 0. The second-order valence-electron chi connectivity index (χ2n) is 12.7. The molecular weight excluding hydrogens is 556 g/mol. The molecule has 46 heavy (non-hydrogen) atoms. The number of benzene rings is 8. The standard InChI is InChI=1S/C45H26O/c1-4-20-36-29(13-1)30-14-2-5-21-37(30)45(36)38-22-6-3-15-35(38)43-31(19-10-23-39(43)45)28-25-26-41-44-32(28)17-9-18-34(44)33-16-7-11-27-12-8-24-40(46-41)42(27)33/h1-26H. The minimum atomic E-state index is -0.362. The molecule has 0 saturated heterocycles. The predicted octanol–water partition coefficient (Wildman–Crippen LogP) is 11.9. The molecule has 8 aromatic carbocycles. The third kappa shape index (κ3) is 2.83. The minimum absolute atomic E-state index is 0.362. The Bertz CT molecular complexity index is 2710. The van der Waals surface area contributed by atoms with Crippen LogP contribution in [0.3, 0.4) is 0 Å². The van der Waals surface area contributed by atoms with E-state index in [4.69, 9.17) is 4.42 Å². The maximum Gasteiger partial charge on any atom is 0.135 e. The zero-order valence-corrected chi connectivity index (χ0v) is 24.9. The average molecular weight is 583 g/mol. The first kappa shape index (κ1) is 24.4. The molecule has 2 aliphatic carbocycles. The summed E-state index contributed by atoms with van der Waals surface area (Å²) in [6.45, 7) is 0. The summed E-state index contributed by atoms with van der Waals surface area (Å²) >= 11 is 0. The highest BCUT2D eigenvalue weighted by Crippen LogP contribution is 2.64. The lowest BCUT2D eigenvalue weighted by Crippen LogP contribution is -2.25. The Labute approximate surface area is 266 Å². The summed E-state index contributed by atoms with van der Waals surface area (Å²) in [6, 6.07) is 58.2. The molecule has 0 atom stereocenters. The van der Waals surface area contributed by atoms with Gasteiger partial charge in [-0.05, 0) is 89.3 Å². The van der Waals surface area contributed by atoms with Gasteiger partial charge in [-0.1, -0.05) is 146 Å². The fraction of sp³-hybridized carbons (Fsp3) is 0.0222. The SMILES string of the molecule is c1ccc2c(c1)-c1ccccc1C21c2ccccc2-c2c(-c3ccc4oc5cccc6cccc(c7cccc3c47)c65)cccc21. The van der Waals surface area contributed by atoms with Crippen molar-refractivity contribution in [1.82, 2.24) is 0 Å². The van der Waals surface area contributed by atoms with Crippen LogP contribution in [0.5, 0.6) is 0 Å². The van der Waals surface area contributed by atoms with Crippen LogP contribution < -0.4 is 0 Å². The van der Waals surface area contributed by atoms with Crippen LogP contribution >= 0.6 is 0 Å². The maximum absolute atomic E-state index is 6.74. The molecule has 0 amide bonds. The van der Waals surface area contributed by atoms with Gasteiger partial charge < -0.3 is 4.42 Å². The molecule has 0 aliphatic heterocycles. The lowest BCUT2D eigenvalue weighted by molar-refractivity contribution is 0.664. The Morgan fingerprint density at radius 2 is 0.848 bits per heavy atom. The highest BCUT2D eigenvalue weighted by molar-refractivity contribution is 6.25. The third-order valence-corrected chi connectivity index (χ3v) is 10.7. The molecule has 2 aliphatic rings. The first-order chi connectivity index (χ1) is 22.8. The van der Waals surface area contributed by atoms with Crippen LogP contribution in [0.2, 0.25) is 0 Å². The van der Waals surface area contributed by atoms with E-state index in [-0.39, 0.29) is 5.41 Å². The zero-order valence-electron chi connectivity index (χ0n) is 24.9. The Morgan fingerprint density at radius 3 is 1.61 bits per heavy atom. The largest absolute Gasteiger partial charge is 0.456 e. The molecule has 0 N–H and O–H groups in total. The van der Waals surface area contributed by atoms with Crippen LogP contribution in [0.1, 0.15) is 22.3 Å². The molecule has 0 bridgehead atoms. The molecule has 1 heterocycles. The van der Waals surface area contributed by atoms with E-state index in [1.807, 2.05) is 0 Å². The summed E-state index contributed by atoms with van der Waals surface area (Å²) in [5.41, 5.74) is 14.7. The number of hydrogen-bond acceptors (Lipinski definition) is 1. The summed E-state index contributed by atoms with van der Waals surface area (Å²) in [5.74, 6) is 0. The molecule has 0 radical (unpaired) electrons. The van der Waals surface area contributed by atoms with Crippen molar-refractivity contribution >= 4 is 43.5 Å². The molecule has 0 unspecified atom stereocenters. The van der Waals surface area contributed by atoms with Gasteiger partial charge in [-0.25, -0.2) is 0 Å². The third-order valence-electron chi connectivity index (χ3n) is 10.7. The topological polar surface area (TPSA) is 13.1 Å². The first-order valence-corrected chi connectivity index (χ1v) is 16.0. The second kappa shape index (κ2) is 8.62. The quantitative estimate of drug-likeness (QED) is 0.188. The molecule has 1 heteroatoms. The molecular formula is C45H26O. The first-order valence-electron chi connectivity index (χ1n) is 16.0. The van der Waals surface area contributed by atoms with Gasteiger partial charge in [0.2, 0.25) is 0 Å². The van der Waals surface area contributed by atoms with Gasteiger partial charge in [-0.2, -0.15) is 0 Å². The van der Waals surface area contributed by atoms with Gasteiger partial charge in [0.25, 0.3) is 0 Å². The van der Waals surface area contributed by atoms with Crippen LogP contribution in [0.15, 0.2) is 162 Å². The van der Waals surface area contributed by atoms with Gasteiger partial charge in [-0.15, -0.1) is 0 Å². The normalized spacial score (nSPS) is 13.8. The maximum atomic E-state index is 6.74. The lowest BCUT2D eigenvalue weighted by atomic mass is 9.70. The summed E-state index contributed by atoms with van der Waals surface area (Å²) in [4.78, 5) is 0. The molecule has 1 nitrogen and oxygen atoms in total. The van der Waals surface area contributed by atoms with Gasteiger partial charge >= 0.3 is 0 Å². The Balaban J connectivity index is 1.28. The molecule has 9 aromatic rings. The van der Waals surface area contributed by atoms with Gasteiger partial charge in [0.15, 0.2) is 0 Å². The Morgan fingerprint density at radius 1 is 0.326 bits per heavy atom. The fourth-order valence-electron chi connectivity index (χ4n) is 9.02. The molecule has 1 spiro atoms. The van der Waals surface area contributed by atoms with E-state index < -0.39 is 0 Å². The summed E-state index contributed by atoms with van der Waals surface area (Å²) < 4.78 is 6.74. The van der Waals surface area contributed by atoms with Crippen LogP contribution in [0.25, 0.3) is 76.9 Å². The van der Waals surface area contributed by atoms with E-state index in [1.165, 1.54) is 88.0 Å². The van der Waals surface area contributed by atoms with E-state index in [0.717, 1.165) is 11.2 Å². The second-order valence-corrected chi connectivity index (χ2v) is 12.7. The van der Waals surface area contributed by atoms with Crippen LogP contribution in [-0.4, -0.2) is 0 Å². The fourth-order valence-corrected chi connectivity index (χ4v) is 9.02. The van der Waals surface area contributed by atoms with Crippen LogP contribution in [-0.2, 0) is 5.41 Å². The molecule has 0 saturated carbocycles. The lowest BCUT2D eigenvalue weighted by Gasteiger charge is -2.30. The highest BCUT2D eigenvalue weighted by atomic mass is 16.3. The molecule has 11 rings (SSSR count). The number of hydrogen-bond donors (Lipinski definition) is 0. The molecule has 0 fully saturated rings. The number of rotatable bonds is 1. The van der Waals surface area contributed by atoms with E-state index in [1.54, 1.807) is 0 Å². The molecule has 212 valence electrons. The average Bonchev–Trinajstić information content (AvgIpc) is 3.53. The van der Waals surface area contributed by atoms with E-state index >= 15 is 0 Å². The van der Waals surface area contributed by atoms with E-state index in [0.29, 0.717) is 0 Å². The molecule has 1 aromatic heterocycles. The monoisotopic (exact) mass is 582 g/mol. The Kier molecular flexibility index (Phi) is 4.57. The van der Waals surface area contributed by atoms with Crippen molar-refractivity contribution in [1.29, 1.82) is 0 Å². The summed E-state index contributed by atoms with van der Waals surface area (Å²) in [7, 11) is 0.